The molecule has 2 aliphatic heterocycles. The van der Waals surface area contributed by atoms with E-state index in [0.717, 1.165) is 18.0 Å². The van der Waals surface area contributed by atoms with Crippen LogP contribution in [-0.2, 0) is 9.59 Å². The van der Waals surface area contributed by atoms with Gasteiger partial charge in [-0.15, -0.1) is 0 Å². The van der Waals surface area contributed by atoms with Crippen LogP contribution in [0, 0.1) is 10.1 Å². The van der Waals surface area contributed by atoms with Crippen LogP contribution in [0.4, 0.5) is 21.9 Å². The topological polar surface area (TPSA) is 139 Å². The molecule has 0 aromatic heterocycles. The molecule has 2 aromatic rings. The number of nitro groups is 1. The van der Waals surface area contributed by atoms with Crippen LogP contribution in [0.5, 0.6) is 5.75 Å². The molecule has 0 aliphatic carbocycles. The number of nitrogens with two attached hydrogens (primary N) is 1. The predicted octanol–water partition coefficient (Wildman–Crippen LogP) is -2.34. The third-order valence-corrected chi connectivity index (χ3v) is 5.48. The van der Waals surface area contributed by atoms with E-state index in [1.807, 2.05) is 4.90 Å². The molecule has 2 heterocycles. The maximum Gasteiger partial charge on any atom is 0.335 e. The highest BCUT2D eigenvalue weighted by molar-refractivity contribution is 6.39. The number of quaternary nitrogens is 1. The molecule has 34 heavy (non-hydrogen) atoms. The van der Waals surface area contributed by atoms with Gasteiger partial charge in [0.05, 0.1) is 43.9 Å². The Bertz CT molecular complexity index is 1180. The Morgan fingerprint density at radius 3 is 2.53 bits per heavy atom. The fraction of sp³-hybridized carbons (Fsp3) is 0.227. The fourth-order valence-electron chi connectivity index (χ4n) is 3.85. The highest BCUT2D eigenvalue weighted by Gasteiger charge is 2.37. The van der Waals surface area contributed by atoms with Crippen molar-refractivity contribution in [1.29, 1.82) is 0 Å². The molecule has 0 spiro atoms. The first-order valence-electron chi connectivity index (χ1n) is 10.3. The van der Waals surface area contributed by atoms with Gasteiger partial charge in [0.25, 0.3) is 17.5 Å². The van der Waals surface area contributed by atoms with Crippen LogP contribution in [-0.4, -0.2) is 56.1 Å². The number of anilines is 2. The lowest BCUT2D eigenvalue weighted by Gasteiger charge is -2.29. The van der Waals surface area contributed by atoms with Gasteiger partial charge in [-0.2, -0.15) is 0 Å². The number of rotatable bonds is 5. The fourth-order valence-corrected chi connectivity index (χ4v) is 3.85. The summed E-state index contributed by atoms with van der Waals surface area (Å²) in [5.41, 5.74) is 0.776. The van der Waals surface area contributed by atoms with Crippen molar-refractivity contribution in [1.82, 2.24) is 5.32 Å². The monoisotopic (exact) mass is 487 g/mol. The number of carbonyl (C=O) groups excluding carboxylic acids is 3. The lowest BCUT2D eigenvalue weighted by Crippen LogP contribution is -3.00. The smallest absolute Gasteiger partial charge is 0.335 e. The van der Waals surface area contributed by atoms with E-state index >= 15 is 0 Å². The minimum Gasteiger partial charge on any atom is -1.00 e. The average molecular weight is 488 g/mol. The number of hydrogen-bond acceptors (Lipinski definition) is 7. The maximum absolute atomic E-state index is 13.2. The summed E-state index contributed by atoms with van der Waals surface area (Å²) in [5, 5.41) is 15.7. The second kappa shape index (κ2) is 10.3. The van der Waals surface area contributed by atoms with E-state index in [1.165, 1.54) is 37.5 Å². The van der Waals surface area contributed by atoms with Crippen LogP contribution in [0.2, 0.25) is 0 Å². The molecule has 2 aliphatic rings. The number of urea groups is 1. The Hall–Kier alpha value is -3.96. The minimum atomic E-state index is -0.888. The van der Waals surface area contributed by atoms with Crippen molar-refractivity contribution >= 4 is 41.0 Å². The number of nitro benzene ring substituents is 1. The molecule has 0 radical (unpaired) electrons. The molecule has 12 heteroatoms. The first kappa shape index (κ1) is 24.7. The maximum atomic E-state index is 13.2. The Balaban J connectivity index is 0.00000324. The lowest BCUT2D eigenvalue weighted by molar-refractivity contribution is -0.655. The summed E-state index contributed by atoms with van der Waals surface area (Å²) in [6.45, 7) is 3.13. The SMILES string of the molecule is COc1cccc(N2C(=O)NC(=O)/C(=C/c3cc([N+](=O)[O-])ccc3N3CC[NH2+]CC3)C2=O)c1.[Cl-]. The van der Waals surface area contributed by atoms with Crippen LogP contribution in [0.3, 0.4) is 0 Å². The van der Waals surface area contributed by atoms with Crippen molar-refractivity contribution in [2.45, 2.75) is 0 Å². The summed E-state index contributed by atoms with van der Waals surface area (Å²) >= 11 is 0. The zero-order valence-corrected chi connectivity index (χ0v) is 18.9. The third kappa shape index (κ3) is 4.85. The molecule has 2 aromatic carbocycles. The molecular formula is C22H22ClN5O6. The standard InChI is InChI=1S/C22H21N5O6.ClH/c1-33-17-4-2-3-15(13-17)26-21(29)18(20(28)24-22(26)30)12-14-11-16(27(31)32)5-6-19(14)25-9-7-23-8-10-25;/h2-6,11-13,23H,7-10H2,1H3,(H,24,28,30);1H/b18-12-;. The number of methoxy groups -OCH3 is 1. The van der Waals surface area contributed by atoms with Crippen molar-refractivity contribution < 1.29 is 41.8 Å². The van der Waals surface area contributed by atoms with Gasteiger partial charge in [-0.25, -0.2) is 9.69 Å². The average Bonchev–Trinajstić information content (AvgIpc) is 2.82. The molecule has 0 saturated carbocycles. The largest absolute Gasteiger partial charge is 1.00 e. The molecule has 2 fully saturated rings. The quantitative estimate of drug-likeness (QED) is 0.208. The number of imide groups is 2. The van der Waals surface area contributed by atoms with Crippen molar-refractivity contribution in [2.75, 3.05) is 43.1 Å². The molecule has 11 nitrogen and oxygen atoms in total. The number of piperazine rings is 1. The Kier molecular flexibility index (Phi) is 7.49. The molecule has 0 unspecified atom stereocenters. The molecule has 178 valence electrons. The van der Waals surface area contributed by atoms with E-state index in [9.17, 15) is 24.5 Å². The molecule has 0 bridgehead atoms. The van der Waals surface area contributed by atoms with E-state index in [2.05, 4.69) is 10.6 Å². The van der Waals surface area contributed by atoms with Crippen molar-refractivity contribution in [3.05, 3.63) is 63.7 Å². The predicted molar refractivity (Wildman–Crippen MR) is 119 cm³/mol. The van der Waals surface area contributed by atoms with Gasteiger partial charge in [-0.3, -0.25) is 25.0 Å². The first-order valence-corrected chi connectivity index (χ1v) is 10.3. The molecule has 0 atom stereocenters. The number of barbiturate groups is 1. The molecule has 4 rings (SSSR count). The minimum absolute atomic E-state index is 0. The second-order valence-corrected chi connectivity index (χ2v) is 7.51. The Labute approximate surface area is 200 Å². The van der Waals surface area contributed by atoms with Crippen molar-refractivity contribution in [3.8, 4) is 5.75 Å². The normalized spacial score (nSPS) is 17.3. The van der Waals surface area contributed by atoms with Gasteiger partial charge in [0.15, 0.2) is 0 Å². The number of amides is 4. The zero-order valence-electron chi connectivity index (χ0n) is 18.2. The van der Waals surface area contributed by atoms with Crippen LogP contribution >= 0.6 is 0 Å². The van der Waals surface area contributed by atoms with E-state index in [-0.39, 0.29) is 29.4 Å². The van der Waals surface area contributed by atoms with E-state index in [0.29, 0.717) is 30.1 Å². The number of carbonyl (C=O) groups is 3. The van der Waals surface area contributed by atoms with Gasteiger partial charge >= 0.3 is 6.03 Å². The zero-order chi connectivity index (χ0) is 23.5. The van der Waals surface area contributed by atoms with Crippen molar-refractivity contribution in [2.24, 2.45) is 0 Å². The molecular weight excluding hydrogens is 466 g/mol. The number of nitrogens with zero attached hydrogens (tertiary/aromatic N) is 3. The van der Waals surface area contributed by atoms with Crippen LogP contribution in [0.15, 0.2) is 48.0 Å². The Morgan fingerprint density at radius 1 is 1.12 bits per heavy atom. The van der Waals surface area contributed by atoms with Crippen molar-refractivity contribution in [3.63, 3.8) is 0 Å². The van der Waals surface area contributed by atoms with Gasteiger partial charge in [-0.05, 0) is 24.3 Å². The van der Waals surface area contributed by atoms with E-state index in [4.69, 9.17) is 4.74 Å². The molecule has 4 amide bonds. The Morgan fingerprint density at radius 2 is 1.85 bits per heavy atom. The number of non-ortho nitro benzene ring substituents is 1. The number of hydrogen-bond donors (Lipinski definition) is 2. The summed E-state index contributed by atoms with van der Waals surface area (Å²) < 4.78 is 5.16. The molecule has 3 N–H and O–H groups in total. The highest BCUT2D eigenvalue weighted by atomic mass is 35.5. The lowest BCUT2D eigenvalue weighted by atomic mass is 10.0. The highest BCUT2D eigenvalue weighted by Crippen LogP contribution is 2.30. The summed E-state index contributed by atoms with van der Waals surface area (Å²) in [5.74, 6) is -1.27. The number of ether oxygens (including phenoxy) is 1. The van der Waals surface area contributed by atoms with Crippen LogP contribution in [0.1, 0.15) is 5.56 Å². The van der Waals surface area contributed by atoms with E-state index in [1.54, 1.807) is 18.2 Å². The molecule has 2 saturated heterocycles. The summed E-state index contributed by atoms with van der Waals surface area (Å²) in [6, 6.07) is 9.75. The van der Waals surface area contributed by atoms with E-state index < -0.39 is 22.8 Å². The van der Waals surface area contributed by atoms with Gasteiger partial charge in [0.1, 0.15) is 11.3 Å². The second-order valence-electron chi connectivity index (χ2n) is 7.51. The summed E-state index contributed by atoms with van der Waals surface area (Å²) in [6.07, 6.45) is 1.30. The third-order valence-electron chi connectivity index (χ3n) is 5.48. The van der Waals surface area contributed by atoms with Gasteiger partial charge in [-0.1, -0.05) is 6.07 Å². The van der Waals surface area contributed by atoms with Gasteiger partial charge in [0, 0.05) is 29.4 Å². The van der Waals surface area contributed by atoms with Gasteiger partial charge < -0.3 is 27.4 Å². The van der Waals surface area contributed by atoms with Crippen LogP contribution in [0.25, 0.3) is 6.08 Å². The number of halogens is 1. The summed E-state index contributed by atoms with van der Waals surface area (Å²) in [4.78, 5) is 52.0. The van der Waals surface area contributed by atoms with Gasteiger partial charge in [0.2, 0.25) is 0 Å². The first-order chi connectivity index (χ1) is 15.9. The summed E-state index contributed by atoms with van der Waals surface area (Å²) in [7, 11) is 1.45. The number of benzene rings is 2. The van der Waals surface area contributed by atoms with Crippen LogP contribution < -0.4 is 37.6 Å². The number of nitrogens with one attached hydrogen (secondary N) is 1.